The Bertz CT molecular complexity index is 993. The minimum absolute atomic E-state index is 0.0340. The molecule has 0 unspecified atom stereocenters. The highest BCUT2D eigenvalue weighted by atomic mass is 32.2. The maximum atomic E-state index is 12.8. The van der Waals surface area contributed by atoms with Gasteiger partial charge in [0.25, 0.3) is 0 Å². The second-order valence-corrected chi connectivity index (χ2v) is 9.75. The Morgan fingerprint density at radius 1 is 1.24 bits per heavy atom. The van der Waals surface area contributed by atoms with E-state index >= 15 is 0 Å². The number of carbonyl (C=O) groups is 1. The van der Waals surface area contributed by atoms with Crippen molar-refractivity contribution in [3.63, 3.8) is 0 Å². The predicted molar refractivity (Wildman–Crippen MR) is 110 cm³/mol. The lowest BCUT2D eigenvalue weighted by Crippen LogP contribution is -2.33. The first-order valence-corrected chi connectivity index (χ1v) is 11.8. The van der Waals surface area contributed by atoms with Crippen molar-refractivity contribution in [3.8, 4) is 0 Å². The number of nitrogens with zero attached hydrogens (tertiary/aromatic N) is 2. The summed E-state index contributed by atoms with van der Waals surface area (Å²) in [6.45, 7) is 2.49. The van der Waals surface area contributed by atoms with E-state index in [1.54, 1.807) is 18.3 Å². The Labute approximate surface area is 172 Å². The maximum absolute atomic E-state index is 12.8. The summed E-state index contributed by atoms with van der Waals surface area (Å²) in [5.41, 5.74) is 2.03. The van der Waals surface area contributed by atoms with E-state index in [1.165, 1.54) is 0 Å². The third-order valence-electron chi connectivity index (χ3n) is 6.02. The van der Waals surface area contributed by atoms with Gasteiger partial charge in [0.1, 0.15) is 5.82 Å². The summed E-state index contributed by atoms with van der Waals surface area (Å²) in [6, 6.07) is 5.21. The molecule has 0 aliphatic heterocycles. The summed E-state index contributed by atoms with van der Waals surface area (Å²) < 4.78 is 30.3. The molecule has 1 saturated carbocycles. The highest BCUT2D eigenvalue weighted by molar-refractivity contribution is 7.89. The number of fused-ring (bicyclic) bond motifs is 1. The van der Waals surface area contributed by atoms with Crippen molar-refractivity contribution < 1.29 is 13.2 Å². The fourth-order valence-corrected chi connectivity index (χ4v) is 5.70. The fourth-order valence-electron chi connectivity index (χ4n) is 4.36. The first-order chi connectivity index (χ1) is 13.9. The molecule has 2 N–H and O–H groups in total. The third kappa shape index (κ3) is 4.53. The molecule has 4 rings (SSSR count). The number of hydrogen-bond acceptors (Lipinski definition) is 4. The van der Waals surface area contributed by atoms with E-state index in [0.29, 0.717) is 17.9 Å². The van der Waals surface area contributed by atoms with Crippen LogP contribution in [0.5, 0.6) is 0 Å². The van der Waals surface area contributed by atoms with E-state index in [1.807, 2.05) is 23.8 Å². The number of imidazole rings is 1. The van der Waals surface area contributed by atoms with Gasteiger partial charge in [0.15, 0.2) is 0 Å². The zero-order chi connectivity index (χ0) is 20.4. The van der Waals surface area contributed by atoms with E-state index in [4.69, 9.17) is 0 Å². The van der Waals surface area contributed by atoms with Crippen molar-refractivity contribution in [2.24, 2.45) is 0 Å². The van der Waals surface area contributed by atoms with Crippen LogP contribution in [0, 0.1) is 6.92 Å². The number of aryl methyl sites for hydroxylation is 3. The highest BCUT2D eigenvalue weighted by Crippen LogP contribution is 2.33. The van der Waals surface area contributed by atoms with Crippen LogP contribution in [0.25, 0.3) is 0 Å². The first kappa shape index (κ1) is 20.1. The number of sulfonamides is 1. The lowest BCUT2D eigenvalue weighted by atomic mass is 10.1. The van der Waals surface area contributed by atoms with Gasteiger partial charge >= 0.3 is 0 Å². The van der Waals surface area contributed by atoms with Crippen LogP contribution in [0.1, 0.15) is 61.5 Å². The van der Waals surface area contributed by atoms with Crippen molar-refractivity contribution >= 4 is 15.9 Å². The average Bonchev–Trinajstić information content (AvgIpc) is 3.42. The molecule has 29 heavy (non-hydrogen) atoms. The van der Waals surface area contributed by atoms with Gasteiger partial charge in [-0.3, -0.25) is 4.79 Å². The molecule has 0 radical (unpaired) electrons. The number of hydrogen-bond donors (Lipinski definition) is 2. The second kappa shape index (κ2) is 8.28. The van der Waals surface area contributed by atoms with Gasteiger partial charge in [0.2, 0.25) is 15.9 Å². The number of rotatable bonds is 7. The van der Waals surface area contributed by atoms with Gasteiger partial charge < -0.3 is 9.88 Å². The molecule has 1 fully saturated rings. The van der Waals surface area contributed by atoms with Crippen LogP contribution in [0.2, 0.25) is 0 Å². The first-order valence-electron chi connectivity index (χ1n) is 10.3. The second-order valence-electron chi connectivity index (χ2n) is 8.04. The normalized spacial score (nSPS) is 19.4. The van der Waals surface area contributed by atoms with Crippen molar-refractivity contribution in [2.45, 2.75) is 75.4 Å². The van der Waals surface area contributed by atoms with E-state index in [9.17, 15) is 13.2 Å². The summed E-state index contributed by atoms with van der Waals surface area (Å²) in [6.07, 6.45) is 9.54. The standard InChI is InChI=1S/C21H28N4O3S/c1-15-22-11-13-25(15)12-10-21(26)23-20-9-7-16-6-8-18(14-19(16)20)29(27,28)24-17-4-2-3-5-17/h6,8,11,13-14,17,20,24H,2-5,7,9-10,12H2,1H3,(H,23,26)/t20-/m0/s1. The highest BCUT2D eigenvalue weighted by Gasteiger charge is 2.28. The smallest absolute Gasteiger partial charge is 0.240 e. The van der Waals surface area contributed by atoms with Crippen LogP contribution in [-0.4, -0.2) is 29.9 Å². The number of carbonyl (C=O) groups excluding carboxylic acids is 1. The van der Waals surface area contributed by atoms with Gasteiger partial charge in [-0.25, -0.2) is 18.1 Å². The van der Waals surface area contributed by atoms with Gasteiger partial charge in [-0.2, -0.15) is 0 Å². The Hall–Kier alpha value is -2.19. The van der Waals surface area contributed by atoms with Crippen molar-refractivity contribution in [2.75, 3.05) is 0 Å². The van der Waals surface area contributed by atoms with Crippen molar-refractivity contribution in [1.29, 1.82) is 0 Å². The molecular formula is C21H28N4O3S. The largest absolute Gasteiger partial charge is 0.349 e. The zero-order valence-corrected chi connectivity index (χ0v) is 17.5. The molecule has 7 nitrogen and oxygen atoms in total. The minimum atomic E-state index is -3.53. The van der Waals surface area contributed by atoms with Gasteiger partial charge in [-0.15, -0.1) is 0 Å². The summed E-state index contributed by atoms with van der Waals surface area (Å²) >= 11 is 0. The quantitative estimate of drug-likeness (QED) is 0.726. The summed E-state index contributed by atoms with van der Waals surface area (Å²) in [5.74, 6) is 0.849. The summed E-state index contributed by atoms with van der Waals surface area (Å²) in [7, 11) is -3.53. The van der Waals surface area contributed by atoms with E-state index in [-0.39, 0.29) is 18.0 Å². The number of aromatic nitrogens is 2. The minimum Gasteiger partial charge on any atom is -0.349 e. The maximum Gasteiger partial charge on any atom is 0.240 e. The van der Waals surface area contributed by atoms with Crippen LogP contribution in [0.4, 0.5) is 0 Å². The topological polar surface area (TPSA) is 93.1 Å². The molecule has 2 aliphatic rings. The summed E-state index contributed by atoms with van der Waals surface area (Å²) in [5, 5.41) is 3.08. The molecule has 8 heteroatoms. The number of nitrogens with one attached hydrogen (secondary N) is 2. The fraction of sp³-hybridized carbons (Fsp3) is 0.524. The van der Waals surface area contributed by atoms with E-state index in [0.717, 1.165) is 55.5 Å². The van der Waals surface area contributed by atoms with Crippen molar-refractivity contribution in [1.82, 2.24) is 19.6 Å². The van der Waals surface area contributed by atoms with Crippen LogP contribution in [0.3, 0.4) is 0 Å². The monoisotopic (exact) mass is 416 g/mol. The molecule has 1 atom stereocenters. The van der Waals surface area contributed by atoms with E-state index in [2.05, 4.69) is 15.0 Å². The molecule has 1 amide bonds. The molecule has 1 aromatic carbocycles. The molecule has 0 spiro atoms. The Morgan fingerprint density at radius 2 is 2.03 bits per heavy atom. The zero-order valence-electron chi connectivity index (χ0n) is 16.7. The Morgan fingerprint density at radius 3 is 2.76 bits per heavy atom. The van der Waals surface area contributed by atoms with Gasteiger partial charge in [0.05, 0.1) is 10.9 Å². The van der Waals surface area contributed by atoms with Gasteiger partial charge in [0, 0.05) is 31.4 Å². The third-order valence-corrected chi connectivity index (χ3v) is 7.54. The predicted octanol–water partition coefficient (Wildman–Crippen LogP) is 2.61. The van der Waals surface area contributed by atoms with Crippen LogP contribution >= 0.6 is 0 Å². The molecular weight excluding hydrogens is 388 g/mol. The van der Waals surface area contributed by atoms with E-state index < -0.39 is 10.0 Å². The van der Waals surface area contributed by atoms with Crippen LogP contribution in [0.15, 0.2) is 35.5 Å². The molecule has 0 saturated heterocycles. The molecule has 156 valence electrons. The SMILES string of the molecule is Cc1nccn1CCC(=O)N[C@H]1CCc2ccc(S(=O)(=O)NC3CCCC3)cc21. The Balaban J connectivity index is 1.42. The van der Waals surface area contributed by atoms with Crippen LogP contribution < -0.4 is 10.0 Å². The Kier molecular flexibility index (Phi) is 5.74. The lowest BCUT2D eigenvalue weighted by molar-refractivity contribution is -0.122. The molecule has 2 aliphatic carbocycles. The van der Waals surface area contributed by atoms with Gasteiger partial charge in [-0.1, -0.05) is 18.9 Å². The molecule has 0 bridgehead atoms. The van der Waals surface area contributed by atoms with Crippen molar-refractivity contribution in [3.05, 3.63) is 47.5 Å². The molecule has 1 heterocycles. The molecule has 2 aromatic rings. The summed E-state index contributed by atoms with van der Waals surface area (Å²) in [4.78, 5) is 16.9. The molecule has 1 aromatic heterocycles. The lowest BCUT2D eigenvalue weighted by Gasteiger charge is -2.17. The average molecular weight is 417 g/mol. The van der Waals surface area contributed by atoms with Gasteiger partial charge in [-0.05, 0) is 55.9 Å². The van der Waals surface area contributed by atoms with Crippen LogP contribution in [-0.2, 0) is 27.8 Å². The number of benzene rings is 1. The number of amides is 1.